The molecule has 3 rings (SSSR count). The van der Waals surface area contributed by atoms with Gasteiger partial charge in [0.25, 0.3) is 0 Å². The molecule has 0 spiro atoms. The Bertz CT molecular complexity index is 954. The zero-order valence-electron chi connectivity index (χ0n) is 12.9. The van der Waals surface area contributed by atoms with Crippen LogP contribution >= 0.6 is 0 Å². The van der Waals surface area contributed by atoms with E-state index in [1.54, 1.807) is 31.2 Å². The van der Waals surface area contributed by atoms with E-state index in [1.807, 2.05) is 0 Å². The second kappa shape index (κ2) is 5.70. The van der Waals surface area contributed by atoms with Crippen LogP contribution < -0.4 is 10.4 Å². The number of halogens is 3. The molecule has 0 atom stereocenters. The van der Waals surface area contributed by atoms with Crippen LogP contribution in [0.4, 0.5) is 13.2 Å². The molecular weight excluding hydrogens is 321 g/mol. The van der Waals surface area contributed by atoms with Crippen LogP contribution in [0.15, 0.2) is 51.7 Å². The van der Waals surface area contributed by atoms with Crippen LogP contribution in [0.3, 0.4) is 0 Å². The number of alkyl halides is 3. The molecule has 0 aliphatic rings. The second-order valence-electron chi connectivity index (χ2n) is 5.32. The molecule has 6 heteroatoms. The van der Waals surface area contributed by atoms with Gasteiger partial charge < -0.3 is 9.15 Å². The normalized spacial score (nSPS) is 11.7. The summed E-state index contributed by atoms with van der Waals surface area (Å²) in [4.78, 5) is 12.0. The first-order valence-corrected chi connectivity index (χ1v) is 7.11. The fourth-order valence-corrected chi connectivity index (χ4v) is 2.68. The van der Waals surface area contributed by atoms with Crippen LogP contribution in [-0.4, -0.2) is 7.11 Å². The minimum atomic E-state index is -4.83. The molecule has 0 N–H and O–H groups in total. The predicted octanol–water partition coefficient (Wildman–Crippen LogP) is 4.80. The van der Waals surface area contributed by atoms with Gasteiger partial charge in [0, 0.05) is 10.9 Å². The Morgan fingerprint density at radius 1 is 1.04 bits per heavy atom. The van der Waals surface area contributed by atoms with Crippen molar-refractivity contribution < 1.29 is 22.3 Å². The van der Waals surface area contributed by atoms with Gasteiger partial charge in [-0.1, -0.05) is 30.3 Å². The van der Waals surface area contributed by atoms with Crippen molar-refractivity contribution in [2.45, 2.75) is 13.1 Å². The smallest absolute Gasteiger partial charge is 0.424 e. The first-order chi connectivity index (χ1) is 11.3. The fourth-order valence-electron chi connectivity index (χ4n) is 2.68. The molecule has 3 aromatic rings. The van der Waals surface area contributed by atoms with E-state index in [0.717, 1.165) is 0 Å². The summed E-state index contributed by atoms with van der Waals surface area (Å²) in [6, 6.07) is 10.9. The maximum absolute atomic E-state index is 13.5. The highest BCUT2D eigenvalue weighted by atomic mass is 19.4. The standard InChI is InChI=1S/C18H13F3O3/c1-10-4-3-5-13-14(11-6-8-12(23-2)9-7-11)15(18(19,20)21)17(22)24-16(10)13/h3-9H,1-2H3. The summed E-state index contributed by atoms with van der Waals surface area (Å²) in [6.07, 6.45) is -4.83. The predicted molar refractivity (Wildman–Crippen MR) is 84.2 cm³/mol. The minimum absolute atomic E-state index is 0.154. The number of fused-ring (bicyclic) bond motifs is 1. The quantitative estimate of drug-likeness (QED) is 0.632. The Morgan fingerprint density at radius 2 is 1.71 bits per heavy atom. The van der Waals surface area contributed by atoms with E-state index in [4.69, 9.17) is 9.15 Å². The zero-order valence-corrected chi connectivity index (χ0v) is 12.9. The van der Waals surface area contributed by atoms with E-state index in [0.29, 0.717) is 11.3 Å². The van der Waals surface area contributed by atoms with Gasteiger partial charge in [-0.3, -0.25) is 0 Å². The highest BCUT2D eigenvalue weighted by Crippen LogP contribution is 2.40. The molecule has 24 heavy (non-hydrogen) atoms. The number of benzene rings is 2. The van der Waals surface area contributed by atoms with E-state index in [2.05, 4.69) is 0 Å². The summed E-state index contributed by atoms with van der Waals surface area (Å²) in [7, 11) is 1.46. The Labute approximate surface area is 135 Å². The van der Waals surface area contributed by atoms with Gasteiger partial charge in [0.2, 0.25) is 0 Å². The third-order valence-corrected chi connectivity index (χ3v) is 3.79. The number of para-hydroxylation sites is 1. The van der Waals surface area contributed by atoms with Crippen molar-refractivity contribution in [2.24, 2.45) is 0 Å². The molecule has 0 saturated carbocycles. The van der Waals surface area contributed by atoms with Crippen LogP contribution in [0.2, 0.25) is 0 Å². The van der Waals surface area contributed by atoms with Crippen LogP contribution in [0, 0.1) is 6.92 Å². The molecule has 3 nitrogen and oxygen atoms in total. The van der Waals surface area contributed by atoms with Crippen LogP contribution in [0.25, 0.3) is 22.1 Å². The van der Waals surface area contributed by atoms with Gasteiger partial charge in [0.05, 0.1) is 7.11 Å². The molecular formula is C18H13F3O3. The van der Waals surface area contributed by atoms with Crippen LogP contribution in [0.5, 0.6) is 5.75 Å². The number of ether oxygens (including phenoxy) is 1. The summed E-state index contributed by atoms with van der Waals surface area (Å²) >= 11 is 0. The molecule has 0 amide bonds. The van der Waals surface area contributed by atoms with E-state index >= 15 is 0 Å². The summed E-state index contributed by atoms with van der Waals surface area (Å²) in [5, 5.41) is 0.243. The Morgan fingerprint density at radius 3 is 2.29 bits per heavy atom. The Kier molecular flexibility index (Phi) is 3.83. The monoisotopic (exact) mass is 334 g/mol. The lowest BCUT2D eigenvalue weighted by molar-refractivity contribution is -0.139. The molecule has 2 aromatic carbocycles. The average molecular weight is 334 g/mol. The van der Waals surface area contributed by atoms with Gasteiger partial charge in [-0.15, -0.1) is 0 Å². The summed E-state index contributed by atoms with van der Waals surface area (Å²) < 4.78 is 50.4. The average Bonchev–Trinajstić information content (AvgIpc) is 2.54. The lowest BCUT2D eigenvalue weighted by Gasteiger charge is -2.15. The number of hydrogen-bond donors (Lipinski definition) is 0. The molecule has 0 unspecified atom stereocenters. The molecule has 0 aliphatic carbocycles. The van der Waals surface area contributed by atoms with Crippen LogP contribution in [-0.2, 0) is 6.18 Å². The largest absolute Gasteiger partial charge is 0.497 e. The minimum Gasteiger partial charge on any atom is -0.497 e. The van der Waals surface area contributed by atoms with Gasteiger partial charge in [-0.2, -0.15) is 13.2 Å². The van der Waals surface area contributed by atoms with Gasteiger partial charge in [-0.05, 0) is 30.2 Å². The lowest BCUT2D eigenvalue weighted by atomic mass is 9.95. The molecule has 0 aliphatic heterocycles. The highest BCUT2D eigenvalue weighted by molar-refractivity contribution is 5.96. The maximum atomic E-state index is 13.5. The van der Waals surface area contributed by atoms with Crippen molar-refractivity contribution in [3.63, 3.8) is 0 Å². The lowest BCUT2D eigenvalue weighted by Crippen LogP contribution is -2.20. The molecule has 0 fully saturated rings. The zero-order chi connectivity index (χ0) is 17.5. The SMILES string of the molecule is COc1ccc(-c2c(C(F)(F)F)c(=O)oc3c(C)cccc23)cc1. The highest BCUT2D eigenvalue weighted by Gasteiger charge is 2.39. The van der Waals surface area contributed by atoms with Gasteiger partial charge in [0.1, 0.15) is 16.9 Å². The molecule has 1 heterocycles. The third-order valence-electron chi connectivity index (χ3n) is 3.79. The summed E-state index contributed by atoms with van der Waals surface area (Å²) in [6.45, 7) is 1.68. The number of hydrogen-bond acceptors (Lipinski definition) is 3. The number of methoxy groups -OCH3 is 1. The molecule has 0 radical (unpaired) electrons. The molecule has 124 valence electrons. The topological polar surface area (TPSA) is 39.4 Å². The molecule has 0 bridgehead atoms. The van der Waals surface area contributed by atoms with Gasteiger partial charge >= 0.3 is 11.8 Å². The second-order valence-corrected chi connectivity index (χ2v) is 5.32. The van der Waals surface area contributed by atoms with E-state index < -0.39 is 17.4 Å². The Balaban J connectivity index is 2.46. The van der Waals surface area contributed by atoms with Crippen molar-refractivity contribution in [3.05, 3.63) is 64.0 Å². The van der Waals surface area contributed by atoms with Crippen molar-refractivity contribution in [1.29, 1.82) is 0 Å². The summed E-state index contributed by atoms with van der Waals surface area (Å²) in [5.74, 6) is 0.510. The van der Waals surface area contributed by atoms with E-state index in [9.17, 15) is 18.0 Å². The Hall–Kier alpha value is -2.76. The van der Waals surface area contributed by atoms with E-state index in [-0.39, 0.29) is 22.1 Å². The fraction of sp³-hybridized carbons (Fsp3) is 0.167. The first-order valence-electron chi connectivity index (χ1n) is 7.11. The van der Waals surface area contributed by atoms with Crippen molar-refractivity contribution in [2.75, 3.05) is 7.11 Å². The maximum Gasteiger partial charge on any atom is 0.424 e. The first kappa shape index (κ1) is 16.1. The van der Waals surface area contributed by atoms with Crippen molar-refractivity contribution in [1.82, 2.24) is 0 Å². The number of aryl methyl sites for hydroxylation is 1. The van der Waals surface area contributed by atoms with Crippen molar-refractivity contribution in [3.8, 4) is 16.9 Å². The molecule has 0 saturated heterocycles. The van der Waals surface area contributed by atoms with E-state index in [1.165, 1.54) is 25.3 Å². The van der Waals surface area contributed by atoms with Gasteiger partial charge in [0.15, 0.2) is 0 Å². The third kappa shape index (κ3) is 2.64. The number of rotatable bonds is 2. The summed E-state index contributed by atoms with van der Waals surface area (Å²) in [5.41, 5.74) is -1.86. The van der Waals surface area contributed by atoms with Gasteiger partial charge in [-0.25, -0.2) is 4.79 Å². The molecule has 1 aromatic heterocycles. The van der Waals surface area contributed by atoms with Crippen molar-refractivity contribution >= 4 is 11.0 Å². The van der Waals surface area contributed by atoms with Crippen LogP contribution in [0.1, 0.15) is 11.1 Å².